The van der Waals surface area contributed by atoms with E-state index in [9.17, 15) is 13.2 Å². The van der Waals surface area contributed by atoms with E-state index in [1.54, 1.807) is 12.1 Å². The highest BCUT2D eigenvalue weighted by atomic mass is 35.5. The zero-order valence-electron chi connectivity index (χ0n) is 20.4. The summed E-state index contributed by atoms with van der Waals surface area (Å²) in [6, 6.07) is 24.1. The monoisotopic (exact) mass is 535 g/mol. The van der Waals surface area contributed by atoms with Crippen LogP contribution in [0.5, 0.6) is 0 Å². The molecule has 1 aromatic heterocycles. The topological polar surface area (TPSA) is 82.6 Å². The second-order valence-corrected chi connectivity index (χ2v) is 10.6. The lowest BCUT2D eigenvalue weighted by Crippen LogP contribution is -2.13. The van der Waals surface area contributed by atoms with Gasteiger partial charge in [-0.05, 0) is 65.9 Å². The number of rotatable bonds is 9. The fourth-order valence-corrected chi connectivity index (χ4v) is 4.85. The first kappa shape index (κ1) is 26.5. The van der Waals surface area contributed by atoms with Gasteiger partial charge in [-0.2, -0.15) is 8.42 Å². The molecule has 8 heteroatoms. The van der Waals surface area contributed by atoms with Crippen molar-refractivity contribution in [1.29, 1.82) is 0 Å². The van der Waals surface area contributed by atoms with Gasteiger partial charge in [-0.25, -0.2) is 9.78 Å². The molecule has 0 saturated carbocycles. The van der Waals surface area contributed by atoms with Crippen LogP contribution in [0.4, 0.5) is 0 Å². The maximum atomic E-state index is 12.1. The van der Waals surface area contributed by atoms with Crippen LogP contribution in [-0.2, 0) is 25.5 Å². The molecule has 0 aliphatic heterocycles. The minimum atomic E-state index is -3.73. The Morgan fingerprint density at radius 2 is 1.78 bits per heavy atom. The van der Waals surface area contributed by atoms with Gasteiger partial charge in [0.2, 0.25) is 0 Å². The Morgan fingerprint density at radius 3 is 2.57 bits per heavy atom. The summed E-state index contributed by atoms with van der Waals surface area (Å²) in [5, 5.41) is 1.62. The summed E-state index contributed by atoms with van der Waals surface area (Å²) in [5.74, 6) is -0.437. The van der Waals surface area contributed by atoms with Gasteiger partial charge in [0.05, 0.1) is 30.1 Å². The number of esters is 1. The van der Waals surface area contributed by atoms with Gasteiger partial charge in [-0.3, -0.25) is 4.18 Å². The molecule has 0 fully saturated rings. The van der Waals surface area contributed by atoms with Crippen molar-refractivity contribution in [2.75, 3.05) is 13.4 Å². The van der Waals surface area contributed by atoms with E-state index in [1.807, 2.05) is 78.9 Å². The molecule has 37 heavy (non-hydrogen) atoms. The molecule has 0 radical (unpaired) electrons. The van der Waals surface area contributed by atoms with Crippen LogP contribution in [0.2, 0.25) is 5.02 Å². The Labute approximate surface area is 221 Å². The third kappa shape index (κ3) is 7.26. The quantitative estimate of drug-likeness (QED) is 0.180. The molecule has 3 aromatic carbocycles. The van der Waals surface area contributed by atoms with Crippen LogP contribution in [0, 0.1) is 0 Å². The van der Waals surface area contributed by atoms with Gasteiger partial charge in [0.25, 0.3) is 10.1 Å². The Balaban J connectivity index is 1.57. The van der Waals surface area contributed by atoms with Crippen LogP contribution in [0.1, 0.15) is 45.3 Å². The van der Waals surface area contributed by atoms with E-state index in [-0.39, 0.29) is 0 Å². The van der Waals surface area contributed by atoms with Crippen LogP contribution < -0.4 is 0 Å². The second-order valence-electron chi connectivity index (χ2n) is 8.55. The number of ether oxygens (including phenoxy) is 1. The van der Waals surface area contributed by atoms with Crippen molar-refractivity contribution >= 4 is 50.7 Å². The van der Waals surface area contributed by atoms with Crippen LogP contribution in [0.25, 0.3) is 23.1 Å². The number of halogens is 1. The number of aryl methyl sites for hydroxylation is 1. The molecule has 190 valence electrons. The van der Waals surface area contributed by atoms with E-state index in [4.69, 9.17) is 20.5 Å². The molecular weight excluding hydrogens is 510 g/mol. The lowest BCUT2D eigenvalue weighted by molar-refractivity contribution is 0.0599. The molecule has 4 rings (SSSR count). The van der Waals surface area contributed by atoms with Crippen LogP contribution in [0.15, 0.2) is 78.9 Å². The Hall–Kier alpha value is -3.52. The van der Waals surface area contributed by atoms with Gasteiger partial charge in [0.1, 0.15) is 6.10 Å². The maximum Gasteiger partial charge on any atom is 0.338 e. The highest BCUT2D eigenvalue weighted by Gasteiger charge is 2.20. The number of nitrogens with zero attached hydrogens (tertiary/aromatic N) is 1. The molecule has 0 saturated heterocycles. The van der Waals surface area contributed by atoms with E-state index >= 15 is 0 Å². The summed E-state index contributed by atoms with van der Waals surface area (Å²) in [6.07, 6.45) is 4.88. The summed E-state index contributed by atoms with van der Waals surface area (Å²) in [6.45, 7) is 0. The van der Waals surface area contributed by atoms with E-state index in [0.717, 1.165) is 34.0 Å². The largest absolute Gasteiger partial charge is 0.465 e. The van der Waals surface area contributed by atoms with Gasteiger partial charge in [0.15, 0.2) is 0 Å². The number of benzene rings is 3. The van der Waals surface area contributed by atoms with Crippen molar-refractivity contribution in [3.05, 3.63) is 112 Å². The van der Waals surface area contributed by atoms with Gasteiger partial charge >= 0.3 is 5.97 Å². The van der Waals surface area contributed by atoms with Gasteiger partial charge in [-0.1, -0.05) is 66.2 Å². The minimum absolute atomic E-state index is 0.348. The average molecular weight is 536 g/mol. The summed E-state index contributed by atoms with van der Waals surface area (Å²) in [7, 11) is -2.40. The molecular formula is C29H26ClNO5S. The predicted octanol–water partition coefficient (Wildman–Crippen LogP) is 6.50. The van der Waals surface area contributed by atoms with Crippen LogP contribution in [0.3, 0.4) is 0 Å². The molecule has 4 aromatic rings. The maximum absolute atomic E-state index is 12.1. The normalized spacial score (nSPS) is 12.6. The fourth-order valence-electron chi connectivity index (χ4n) is 4.06. The summed E-state index contributed by atoms with van der Waals surface area (Å²) >= 11 is 6.10. The van der Waals surface area contributed by atoms with Crippen molar-refractivity contribution in [2.24, 2.45) is 0 Å². The van der Waals surface area contributed by atoms with E-state index in [1.165, 1.54) is 7.11 Å². The lowest BCUT2D eigenvalue weighted by Gasteiger charge is -2.18. The molecule has 1 atom stereocenters. The van der Waals surface area contributed by atoms with E-state index < -0.39 is 22.2 Å². The molecule has 0 bridgehead atoms. The predicted molar refractivity (Wildman–Crippen MR) is 147 cm³/mol. The Kier molecular flexibility index (Phi) is 8.38. The Morgan fingerprint density at radius 1 is 1.00 bits per heavy atom. The number of methoxy groups -OCH3 is 1. The number of fused-ring (bicyclic) bond motifs is 1. The number of aromatic nitrogens is 1. The van der Waals surface area contributed by atoms with E-state index in [2.05, 4.69) is 4.98 Å². The van der Waals surface area contributed by atoms with Crippen molar-refractivity contribution < 1.29 is 22.1 Å². The SMILES string of the molecule is COC(=O)c1ccccc1CC[C@@H](OS(C)(=O)=O)c1cccc(C=Cc2ccc3ccc(Cl)cc3n2)c1. The number of carbonyl (C=O) groups is 1. The number of carbonyl (C=O) groups excluding carboxylic acids is 1. The van der Waals surface area contributed by atoms with Crippen LogP contribution in [-0.4, -0.2) is 32.7 Å². The molecule has 0 amide bonds. The molecule has 6 nitrogen and oxygen atoms in total. The fraction of sp³-hybridized carbons (Fsp3) is 0.172. The zero-order chi connectivity index (χ0) is 26.4. The van der Waals surface area contributed by atoms with Crippen molar-refractivity contribution in [3.63, 3.8) is 0 Å². The third-order valence-corrected chi connectivity index (χ3v) is 6.61. The van der Waals surface area contributed by atoms with Crippen molar-refractivity contribution in [3.8, 4) is 0 Å². The highest BCUT2D eigenvalue weighted by molar-refractivity contribution is 7.86. The number of pyridine rings is 1. The average Bonchev–Trinajstić information content (AvgIpc) is 2.89. The first-order chi connectivity index (χ1) is 17.7. The summed E-state index contributed by atoms with van der Waals surface area (Å²) in [4.78, 5) is 16.8. The molecule has 0 aliphatic rings. The second kappa shape index (κ2) is 11.7. The molecule has 0 aliphatic carbocycles. The first-order valence-electron chi connectivity index (χ1n) is 11.6. The number of hydrogen-bond acceptors (Lipinski definition) is 6. The lowest BCUT2D eigenvalue weighted by atomic mass is 9.97. The third-order valence-electron chi connectivity index (χ3n) is 5.79. The van der Waals surface area contributed by atoms with Crippen molar-refractivity contribution in [2.45, 2.75) is 18.9 Å². The molecule has 0 spiro atoms. The molecule has 1 heterocycles. The smallest absolute Gasteiger partial charge is 0.338 e. The summed E-state index contributed by atoms with van der Waals surface area (Å²) in [5.41, 5.74) is 4.35. The van der Waals surface area contributed by atoms with Gasteiger partial charge in [-0.15, -0.1) is 0 Å². The standard InChI is InChI=1S/C29H26ClNO5S/c1-35-29(32)26-9-4-3-7-21(26)13-17-28(36-37(2,33)34)23-8-5-6-20(18-23)10-15-25-16-12-22-11-14-24(30)19-27(22)31-25/h3-12,14-16,18-19,28H,13,17H2,1-2H3/t28-/m1/s1. The first-order valence-corrected chi connectivity index (χ1v) is 13.8. The highest BCUT2D eigenvalue weighted by Crippen LogP contribution is 2.27. The van der Waals surface area contributed by atoms with Crippen LogP contribution >= 0.6 is 11.6 Å². The molecule has 0 N–H and O–H groups in total. The Bertz CT molecular complexity index is 1570. The van der Waals surface area contributed by atoms with E-state index in [0.29, 0.717) is 29.0 Å². The number of hydrogen-bond donors (Lipinski definition) is 0. The van der Waals surface area contributed by atoms with Gasteiger partial charge in [0, 0.05) is 10.4 Å². The summed E-state index contributed by atoms with van der Waals surface area (Å²) < 4.78 is 34.4. The zero-order valence-corrected chi connectivity index (χ0v) is 22.0. The van der Waals surface area contributed by atoms with Gasteiger partial charge < -0.3 is 4.74 Å². The molecule has 0 unspecified atom stereocenters. The minimum Gasteiger partial charge on any atom is -0.465 e. The van der Waals surface area contributed by atoms with Crippen molar-refractivity contribution in [1.82, 2.24) is 4.98 Å².